The molecule has 2 aromatic carbocycles. The molecule has 8 heteroatoms. The van der Waals surface area contributed by atoms with Crippen LogP contribution in [-0.2, 0) is 10.0 Å². The van der Waals surface area contributed by atoms with Gasteiger partial charge in [-0.1, -0.05) is 12.1 Å². The van der Waals surface area contributed by atoms with Crippen LogP contribution in [0.4, 0.5) is 5.69 Å². The van der Waals surface area contributed by atoms with E-state index in [1.165, 1.54) is 42.7 Å². The number of hydrogen-bond acceptors (Lipinski definition) is 5. The summed E-state index contributed by atoms with van der Waals surface area (Å²) in [6.45, 7) is 1.72. The van der Waals surface area contributed by atoms with Crippen LogP contribution in [0, 0.1) is 6.92 Å². The molecule has 128 valence electrons. The number of nitrogens with zero attached hydrogens (tertiary/aromatic N) is 1. The number of aryl methyl sites for hydroxylation is 1. The molecular formula is C17H14N2O5S. The van der Waals surface area contributed by atoms with E-state index in [1.54, 1.807) is 19.1 Å². The number of oxazole rings is 1. The van der Waals surface area contributed by atoms with Crippen molar-refractivity contribution in [3.05, 3.63) is 66.2 Å². The minimum atomic E-state index is -3.78. The van der Waals surface area contributed by atoms with Crippen molar-refractivity contribution < 1.29 is 22.7 Å². The van der Waals surface area contributed by atoms with Gasteiger partial charge in [0, 0.05) is 18.2 Å². The summed E-state index contributed by atoms with van der Waals surface area (Å²) in [5.74, 6) is -0.550. The molecule has 0 spiro atoms. The molecule has 0 unspecified atom stereocenters. The molecule has 0 aliphatic rings. The lowest BCUT2D eigenvalue weighted by Crippen LogP contribution is -2.13. The van der Waals surface area contributed by atoms with Gasteiger partial charge >= 0.3 is 5.97 Å². The topological polar surface area (TPSA) is 110 Å². The van der Waals surface area contributed by atoms with Gasteiger partial charge in [0.2, 0.25) is 0 Å². The summed E-state index contributed by atoms with van der Waals surface area (Å²) < 4.78 is 32.4. The smallest absolute Gasteiger partial charge is 0.335 e. The van der Waals surface area contributed by atoms with Gasteiger partial charge in [-0.25, -0.2) is 18.2 Å². The van der Waals surface area contributed by atoms with Gasteiger partial charge in [0.25, 0.3) is 10.0 Å². The predicted octanol–water partition coefficient (Wildman–Crippen LogP) is 3.15. The molecule has 1 heterocycles. The second-order valence-electron chi connectivity index (χ2n) is 5.26. The summed E-state index contributed by atoms with van der Waals surface area (Å²) in [6, 6.07) is 11.7. The van der Waals surface area contributed by atoms with Gasteiger partial charge in [-0.15, -0.1) is 0 Å². The van der Waals surface area contributed by atoms with Gasteiger partial charge in [0.05, 0.1) is 10.5 Å². The second kappa shape index (κ2) is 6.40. The number of hydrogen-bond donors (Lipinski definition) is 2. The molecule has 7 nitrogen and oxygen atoms in total. The van der Waals surface area contributed by atoms with Gasteiger partial charge in [0.1, 0.15) is 12.0 Å². The minimum Gasteiger partial charge on any atom is -0.478 e. The van der Waals surface area contributed by atoms with E-state index in [0.717, 1.165) is 5.56 Å². The largest absolute Gasteiger partial charge is 0.478 e. The SMILES string of the molecule is Cc1nc(-c2ccc(S(=O)(=O)Nc3ccc(C(=O)O)cc3)cc2)co1. The van der Waals surface area contributed by atoms with E-state index in [9.17, 15) is 13.2 Å². The average Bonchev–Trinajstić information content (AvgIpc) is 3.01. The van der Waals surface area contributed by atoms with E-state index >= 15 is 0 Å². The van der Waals surface area contributed by atoms with Crippen molar-refractivity contribution in [2.45, 2.75) is 11.8 Å². The lowest BCUT2D eigenvalue weighted by Gasteiger charge is -2.08. The van der Waals surface area contributed by atoms with Crippen molar-refractivity contribution in [3.63, 3.8) is 0 Å². The summed E-state index contributed by atoms with van der Waals surface area (Å²) in [5, 5.41) is 8.86. The quantitative estimate of drug-likeness (QED) is 0.725. The highest BCUT2D eigenvalue weighted by Crippen LogP contribution is 2.22. The summed E-state index contributed by atoms with van der Waals surface area (Å²) >= 11 is 0. The summed E-state index contributed by atoms with van der Waals surface area (Å²) in [7, 11) is -3.78. The van der Waals surface area contributed by atoms with Crippen LogP contribution in [0.1, 0.15) is 16.2 Å². The standard InChI is InChI=1S/C17H14N2O5S/c1-11-18-16(10-24-11)12-4-8-15(9-5-12)25(22,23)19-14-6-2-13(3-7-14)17(20)21/h2-10,19H,1H3,(H,20,21). The Morgan fingerprint density at radius 1 is 1.08 bits per heavy atom. The maximum Gasteiger partial charge on any atom is 0.335 e. The Bertz CT molecular complexity index is 1010. The Hall–Kier alpha value is -3.13. The monoisotopic (exact) mass is 358 g/mol. The molecular weight excluding hydrogens is 344 g/mol. The molecule has 0 atom stereocenters. The fourth-order valence-corrected chi connectivity index (χ4v) is 3.25. The van der Waals surface area contributed by atoms with Crippen molar-refractivity contribution in [1.82, 2.24) is 4.98 Å². The minimum absolute atomic E-state index is 0.0789. The highest BCUT2D eigenvalue weighted by atomic mass is 32.2. The molecule has 0 radical (unpaired) electrons. The number of sulfonamides is 1. The van der Waals surface area contributed by atoms with Gasteiger partial charge in [-0.05, 0) is 36.4 Å². The van der Waals surface area contributed by atoms with E-state index in [1.807, 2.05) is 0 Å². The zero-order chi connectivity index (χ0) is 18.0. The molecule has 0 aliphatic heterocycles. The second-order valence-corrected chi connectivity index (χ2v) is 6.95. The predicted molar refractivity (Wildman–Crippen MR) is 90.9 cm³/mol. The Morgan fingerprint density at radius 3 is 2.24 bits per heavy atom. The van der Waals surface area contributed by atoms with Crippen molar-refractivity contribution >= 4 is 21.7 Å². The van der Waals surface area contributed by atoms with Crippen molar-refractivity contribution in [2.24, 2.45) is 0 Å². The normalized spacial score (nSPS) is 11.2. The van der Waals surface area contributed by atoms with Crippen molar-refractivity contribution in [2.75, 3.05) is 4.72 Å². The number of aromatic carboxylic acids is 1. The summed E-state index contributed by atoms with van der Waals surface area (Å²) in [5.41, 5.74) is 1.72. The lowest BCUT2D eigenvalue weighted by atomic mass is 10.2. The van der Waals surface area contributed by atoms with E-state index < -0.39 is 16.0 Å². The van der Waals surface area contributed by atoms with Crippen LogP contribution in [-0.4, -0.2) is 24.5 Å². The summed E-state index contributed by atoms with van der Waals surface area (Å²) in [6.07, 6.45) is 1.50. The van der Waals surface area contributed by atoms with Gasteiger partial charge in [0.15, 0.2) is 5.89 Å². The third-order valence-electron chi connectivity index (χ3n) is 3.46. The van der Waals surface area contributed by atoms with E-state index in [0.29, 0.717) is 11.6 Å². The number of carbonyl (C=O) groups is 1. The Balaban J connectivity index is 1.81. The molecule has 0 bridgehead atoms. The number of benzene rings is 2. The lowest BCUT2D eigenvalue weighted by molar-refractivity contribution is 0.0697. The first kappa shape index (κ1) is 16.7. The van der Waals surface area contributed by atoms with Crippen LogP contribution in [0.25, 0.3) is 11.3 Å². The molecule has 2 N–H and O–H groups in total. The van der Waals surface area contributed by atoms with Crippen LogP contribution in [0.5, 0.6) is 0 Å². The van der Waals surface area contributed by atoms with Crippen LogP contribution in [0.15, 0.2) is 64.1 Å². The van der Waals surface area contributed by atoms with E-state index in [2.05, 4.69) is 9.71 Å². The molecule has 3 aromatic rings. The van der Waals surface area contributed by atoms with Crippen LogP contribution in [0.2, 0.25) is 0 Å². The zero-order valence-corrected chi connectivity index (χ0v) is 13.9. The Kier molecular flexibility index (Phi) is 4.28. The maximum absolute atomic E-state index is 12.4. The van der Waals surface area contributed by atoms with Crippen LogP contribution < -0.4 is 4.72 Å². The van der Waals surface area contributed by atoms with Gasteiger partial charge in [-0.3, -0.25) is 4.72 Å². The molecule has 0 saturated carbocycles. The molecule has 0 fully saturated rings. The number of rotatable bonds is 5. The van der Waals surface area contributed by atoms with Gasteiger partial charge < -0.3 is 9.52 Å². The van der Waals surface area contributed by atoms with E-state index in [-0.39, 0.29) is 16.1 Å². The van der Waals surface area contributed by atoms with Crippen LogP contribution in [0.3, 0.4) is 0 Å². The number of aromatic nitrogens is 1. The number of anilines is 1. The fourth-order valence-electron chi connectivity index (χ4n) is 2.20. The zero-order valence-electron chi connectivity index (χ0n) is 13.1. The van der Waals surface area contributed by atoms with Crippen molar-refractivity contribution in [1.29, 1.82) is 0 Å². The van der Waals surface area contributed by atoms with Crippen molar-refractivity contribution in [3.8, 4) is 11.3 Å². The number of carboxylic acid groups (broad SMARTS) is 1. The maximum atomic E-state index is 12.4. The first-order chi connectivity index (χ1) is 11.8. The number of carboxylic acids is 1. The molecule has 0 saturated heterocycles. The summed E-state index contributed by atoms with van der Waals surface area (Å²) in [4.78, 5) is 15.1. The third-order valence-corrected chi connectivity index (χ3v) is 4.86. The molecule has 3 rings (SSSR count). The first-order valence-corrected chi connectivity index (χ1v) is 8.72. The molecule has 0 amide bonds. The number of nitrogens with one attached hydrogen (secondary N) is 1. The first-order valence-electron chi connectivity index (χ1n) is 7.24. The highest BCUT2D eigenvalue weighted by molar-refractivity contribution is 7.92. The molecule has 0 aliphatic carbocycles. The third kappa shape index (κ3) is 3.69. The Labute approximate surface area is 144 Å². The molecule has 25 heavy (non-hydrogen) atoms. The molecule has 1 aromatic heterocycles. The van der Waals surface area contributed by atoms with Gasteiger partial charge in [-0.2, -0.15) is 0 Å². The highest BCUT2D eigenvalue weighted by Gasteiger charge is 2.15. The fraction of sp³-hybridized carbons (Fsp3) is 0.0588. The van der Waals surface area contributed by atoms with Crippen LogP contribution >= 0.6 is 0 Å². The average molecular weight is 358 g/mol. The Morgan fingerprint density at radius 2 is 1.72 bits per heavy atom. The van der Waals surface area contributed by atoms with E-state index in [4.69, 9.17) is 9.52 Å².